The molecule has 1 aromatic carbocycles. The SMILES string of the molecule is COCc1cc(CNC(=O)NC2CCCCC2O)ccc1F. The van der Waals surface area contributed by atoms with Crippen LogP contribution in [0.1, 0.15) is 36.8 Å². The molecule has 0 saturated heterocycles. The third kappa shape index (κ3) is 4.68. The van der Waals surface area contributed by atoms with Crippen molar-refractivity contribution in [2.45, 2.75) is 51.0 Å². The topological polar surface area (TPSA) is 70.6 Å². The van der Waals surface area contributed by atoms with Gasteiger partial charge in [-0.1, -0.05) is 18.9 Å². The van der Waals surface area contributed by atoms with E-state index < -0.39 is 6.10 Å². The Morgan fingerprint density at radius 3 is 2.91 bits per heavy atom. The van der Waals surface area contributed by atoms with Gasteiger partial charge >= 0.3 is 6.03 Å². The van der Waals surface area contributed by atoms with Crippen molar-refractivity contribution in [2.75, 3.05) is 7.11 Å². The molecule has 0 bridgehead atoms. The highest BCUT2D eigenvalue weighted by molar-refractivity contribution is 5.74. The van der Waals surface area contributed by atoms with E-state index >= 15 is 0 Å². The number of methoxy groups -OCH3 is 1. The highest BCUT2D eigenvalue weighted by Crippen LogP contribution is 2.18. The molecule has 122 valence electrons. The summed E-state index contributed by atoms with van der Waals surface area (Å²) in [6.45, 7) is 0.492. The molecule has 0 aliphatic heterocycles. The third-order valence-corrected chi connectivity index (χ3v) is 3.91. The smallest absolute Gasteiger partial charge is 0.315 e. The van der Waals surface area contributed by atoms with Gasteiger partial charge in [0.05, 0.1) is 18.8 Å². The van der Waals surface area contributed by atoms with Gasteiger partial charge in [-0.3, -0.25) is 0 Å². The molecule has 0 heterocycles. The quantitative estimate of drug-likeness (QED) is 0.780. The largest absolute Gasteiger partial charge is 0.391 e. The number of benzene rings is 1. The van der Waals surface area contributed by atoms with Crippen molar-refractivity contribution in [2.24, 2.45) is 0 Å². The monoisotopic (exact) mass is 310 g/mol. The van der Waals surface area contributed by atoms with Gasteiger partial charge in [-0.2, -0.15) is 0 Å². The number of amides is 2. The van der Waals surface area contributed by atoms with Crippen LogP contribution in [0.15, 0.2) is 18.2 Å². The fraction of sp³-hybridized carbons (Fsp3) is 0.562. The zero-order valence-electron chi connectivity index (χ0n) is 12.8. The van der Waals surface area contributed by atoms with Crippen LogP contribution in [-0.4, -0.2) is 30.4 Å². The zero-order chi connectivity index (χ0) is 15.9. The molecule has 0 aromatic heterocycles. The second-order valence-corrected chi connectivity index (χ2v) is 5.64. The molecule has 1 fully saturated rings. The normalized spacial score (nSPS) is 21.4. The summed E-state index contributed by atoms with van der Waals surface area (Å²) in [5.74, 6) is -0.319. The zero-order valence-corrected chi connectivity index (χ0v) is 12.8. The number of rotatable bonds is 5. The number of carbonyl (C=O) groups excluding carboxylic acids is 1. The van der Waals surface area contributed by atoms with E-state index in [-0.39, 0.29) is 24.5 Å². The van der Waals surface area contributed by atoms with Gasteiger partial charge in [0.15, 0.2) is 0 Å². The summed E-state index contributed by atoms with van der Waals surface area (Å²) in [6.07, 6.45) is 3.06. The lowest BCUT2D eigenvalue weighted by molar-refractivity contribution is 0.0943. The number of urea groups is 1. The van der Waals surface area contributed by atoms with Gasteiger partial charge in [-0.05, 0) is 30.5 Å². The van der Waals surface area contributed by atoms with Crippen LogP contribution in [0.2, 0.25) is 0 Å². The van der Waals surface area contributed by atoms with Crippen molar-refractivity contribution < 1.29 is 19.0 Å². The third-order valence-electron chi connectivity index (χ3n) is 3.91. The number of aliphatic hydroxyl groups excluding tert-OH is 1. The molecule has 3 N–H and O–H groups in total. The number of nitrogens with one attached hydrogen (secondary N) is 2. The Morgan fingerprint density at radius 2 is 2.18 bits per heavy atom. The molecule has 6 heteroatoms. The second-order valence-electron chi connectivity index (χ2n) is 5.64. The molecule has 5 nitrogen and oxygen atoms in total. The first-order chi connectivity index (χ1) is 10.6. The molecule has 0 spiro atoms. The van der Waals surface area contributed by atoms with Gasteiger partial charge in [-0.15, -0.1) is 0 Å². The van der Waals surface area contributed by atoms with Gasteiger partial charge in [0.2, 0.25) is 0 Å². The van der Waals surface area contributed by atoms with Crippen LogP contribution in [-0.2, 0) is 17.9 Å². The van der Waals surface area contributed by atoms with E-state index in [4.69, 9.17) is 4.74 Å². The maximum Gasteiger partial charge on any atom is 0.315 e. The summed E-state index contributed by atoms with van der Waals surface area (Å²) >= 11 is 0. The Labute approximate surface area is 129 Å². The molecule has 2 amide bonds. The number of aliphatic hydroxyl groups is 1. The Balaban J connectivity index is 1.84. The second kappa shape index (κ2) is 8.10. The minimum Gasteiger partial charge on any atom is -0.391 e. The highest BCUT2D eigenvalue weighted by Gasteiger charge is 2.24. The van der Waals surface area contributed by atoms with Crippen LogP contribution in [0.25, 0.3) is 0 Å². The number of ether oxygens (including phenoxy) is 1. The first-order valence-corrected chi connectivity index (χ1v) is 7.59. The van der Waals surface area contributed by atoms with Crippen molar-refractivity contribution >= 4 is 6.03 Å². The maximum absolute atomic E-state index is 13.5. The van der Waals surface area contributed by atoms with Gasteiger partial charge in [0, 0.05) is 19.2 Å². The van der Waals surface area contributed by atoms with Crippen LogP contribution in [0.4, 0.5) is 9.18 Å². The Morgan fingerprint density at radius 1 is 1.41 bits per heavy atom. The van der Waals surface area contributed by atoms with Crippen molar-refractivity contribution in [1.82, 2.24) is 10.6 Å². The minimum absolute atomic E-state index is 0.189. The van der Waals surface area contributed by atoms with Gasteiger partial charge < -0.3 is 20.5 Å². The summed E-state index contributed by atoms with van der Waals surface area (Å²) < 4.78 is 18.4. The van der Waals surface area contributed by atoms with E-state index in [9.17, 15) is 14.3 Å². The van der Waals surface area contributed by atoms with E-state index in [1.807, 2.05) is 0 Å². The van der Waals surface area contributed by atoms with E-state index in [2.05, 4.69) is 10.6 Å². The first kappa shape index (κ1) is 16.7. The average Bonchev–Trinajstić information content (AvgIpc) is 2.50. The number of hydrogen-bond donors (Lipinski definition) is 3. The molecule has 1 saturated carbocycles. The minimum atomic E-state index is -0.473. The van der Waals surface area contributed by atoms with Crippen LogP contribution in [0.5, 0.6) is 0 Å². The lowest BCUT2D eigenvalue weighted by atomic mass is 9.93. The molecular formula is C16H23FN2O3. The summed E-state index contributed by atoms with van der Waals surface area (Å²) in [6, 6.07) is 4.17. The van der Waals surface area contributed by atoms with Crippen molar-refractivity contribution in [1.29, 1.82) is 0 Å². The Hall–Kier alpha value is -1.66. The molecular weight excluding hydrogens is 287 g/mol. The van der Waals surface area contributed by atoms with E-state index in [1.54, 1.807) is 12.1 Å². The standard InChI is InChI=1S/C16H23FN2O3/c1-22-10-12-8-11(6-7-13(12)17)9-18-16(21)19-14-4-2-3-5-15(14)20/h6-8,14-15,20H,2-5,9-10H2,1H3,(H2,18,19,21). The van der Waals surface area contributed by atoms with Crippen LogP contribution in [0, 0.1) is 5.82 Å². The van der Waals surface area contributed by atoms with Gasteiger partial charge in [0.1, 0.15) is 5.82 Å². The number of carbonyl (C=O) groups is 1. The lowest BCUT2D eigenvalue weighted by Crippen LogP contribution is -2.48. The molecule has 1 aliphatic rings. The van der Waals surface area contributed by atoms with E-state index in [0.717, 1.165) is 31.2 Å². The predicted octanol–water partition coefficient (Wildman–Crippen LogP) is 2.07. The molecule has 1 aliphatic carbocycles. The van der Waals surface area contributed by atoms with Gasteiger partial charge in [0.25, 0.3) is 0 Å². The van der Waals surface area contributed by atoms with Crippen LogP contribution in [0.3, 0.4) is 0 Å². The highest BCUT2D eigenvalue weighted by atomic mass is 19.1. The lowest BCUT2D eigenvalue weighted by Gasteiger charge is -2.28. The molecule has 22 heavy (non-hydrogen) atoms. The fourth-order valence-corrected chi connectivity index (χ4v) is 2.69. The summed E-state index contributed by atoms with van der Waals surface area (Å²) in [5, 5.41) is 15.4. The fourth-order valence-electron chi connectivity index (χ4n) is 2.69. The Bertz CT molecular complexity index is 510. The molecule has 2 atom stereocenters. The van der Waals surface area contributed by atoms with Crippen LogP contribution >= 0.6 is 0 Å². The molecule has 0 radical (unpaired) electrons. The number of hydrogen-bond acceptors (Lipinski definition) is 3. The molecule has 1 aromatic rings. The predicted molar refractivity (Wildman–Crippen MR) is 80.7 cm³/mol. The van der Waals surface area contributed by atoms with E-state index in [1.165, 1.54) is 13.2 Å². The summed E-state index contributed by atoms with van der Waals surface area (Å²) in [7, 11) is 1.51. The van der Waals surface area contributed by atoms with Crippen molar-refractivity contribution in [3.8, 4) is 0 Å². The van der Waals surface area contributed by atoms with Crippen LogP contribution < -0.4 is 10.6 Å². The number of halogens is 1. The van der Waals surface area contributed by atoms with E-state index in [0.29, 0.717) is 12.1 Å². The average molecular weight is 310 g/mol. The molecule has 2 unspecified atom stereocenters. The Kier molecular flexibility index (Phi) is 6.15. The molecule has 2 rings (SSSR count). The van der Waals surface area contributed by atoms with Crippen molar-refractivity contribution in [3.05, 3.63) is 35.1 Å². The summed E-state index contributed by atoms with van der Waals surface area (Å²) in [5.41, 5.74) is 1.26. The maximum atomic E-state index is 13.5. The summed E-state index contributed by atoms with van der Waals surface area (Å²) in [4.78, 5) is 11.9. The van der Waals surface area contributed by atoms with Crippen molar-refractivity contribution in [3.63, 3.8) is 0 Å². The van der Waals surface area contributed by atoms with Gasteiger partial charge in [-0.25, -0.2) is 9.18 Å². The first-order valence-electron chi connectivity index (χ1n) is 7.59.